The maximum Gasteiger partial charge on any atom is 0.131 e. The van der Waals surface area contributed by atoms with E-state index in [1.807, 2.05) is 12.1 Å². The normalized spacial score (nSPS) is 10.9. The molecule has 0 aliphatic rings. The van der Waals surface area contributed by atoms with Gasteiger partial charge in [0.25, 0.3) is 0 Å². The number of halogens is 1. The van der Waals surface area contributed by atoms with Crippen molar-refractivity contribution in [1.82, 2.24) is 9.55 Å². The molecular weight excluding hydrogens is 302 g/mol. The molecule has 2 N–H and O–H groups in total. The summed E-state index contributed by atoms with van der Waals surface area (Å²) >= 11 is 3.45. The van der Waals surface area contributed by atoms with Crippen LogP contribution >= 0.6 is 15.9 Å². The Morgan fingerprint density at radius 3 is 2.42 bits per heavy atom. The fourth-order valence-corrected chi connectivity index (χ4v) is 2.49. The first-order valence-corrected chi connectivity index (χ1v) is 7.57. The number of nitrogen functional groups attached to an aromatic ring is 1. The molecule has 0 aliphatic carbocycles. The second-order valence-corrected chi connectivity index (χ2v) is 5.59. The number of rotatable bonds is 5. The van der Waals surface area contributed by atoms with Gasteiger partial charge in [-0.15, -0.1) is 0 Å². The third-order valence-electron chi connectivity index (χ3n) is 3.12. The predicted molar refractivity (Wildman–Crippen MR) is 84.1 cm³/mol. The Morgan fingerprint density at radius 2 is 1.84 bits per heavy atom. The zero-order valence-corrected chi connectivity index (χ0v) is 13.1. The number of anilines is 1. The number of hydrogen-bond acceptors (Lipinski definition) is 2. The molecular formula is C15H20BrN3. The third kappa shape index (κ3) is 3.00. The van der Waals surface area contributed by atoms with E-state index in [0.29, 0.717) is 0 Å². The summed E-state index contributed by atoms with van der Waals surface area (Å²) in [6.45, 7) is 5.26. The first-order valence-electron chi connectivity index (χ1n) is 6.78. The molecule has 0 aliphatic heterocycles. The van der Waals surface area contributed by atoms with Crippen LogP contribution in [0.25, 0.3) is 11.3 Å². The van der Waals surface area contributed by atoms with E-state index < -0.39 is 0 Å². The van der Waals surface area contributed by atoms with Gasteiger partial charge in [0.1, 0.15) is 17.3 Å². The zero-order valence-electron chi connectivity index (χ0n) is 11.5. The molecule has 1 aromatic carbocycles. The smallest absolute Gasteiger partial charge is 0.131 e. The van der Waals surface area contributed by atoms with E-state index in [1.165, 1.54) is 0 Å². The van der Waals surface area contributed by atoms with E-state index in [4.69, 9.17) is 10.7 Å². The van der Waals surface area contributed by atoms with Gasteiger partial charge < -0.3 is 10.3 Å². The average Bonchev–Trinajstić information content (AvgIpc) is 2.70. The first kappa shape index (κ1) is 14.1. The highest BCUT2D eigenvalue weighted by Gasteiger charge is 2.14. The summed E-state index contributed by atoms with van der Waals surface area (Å²) in [5.74, 6) is 1.88. The van der Waals surface area contributed by atoms with Crippen LogP contribution in [0.15, 0.2) is 28.7 Å². The van der Waals surface area contributed by atoms with Crippen molar-refractivity contribution in [2.75, 3.05) is 5.73 Å². The number of benzene rings is 1. The number of hydrogen-bond donors (Lipinski definition) is 1. The molecule has 0 fully saturated rings. The number of nitrogens with zero attached hydrogens (tertiary/aromatic N) is 2. The Kier molecular flexibility index (Phi) is 4.64. The molecule has 19 heavy (non-hydrogen) atoms. The lowest BCUT2D eigenvalue weighted by Crippen LogP contribution is -2.06. The fourth-order valence-electron chi connectivity index (χ4n) is 2.22. The van der Waals surface area contributed by atoms with Crippen LogP contribution in [-0.2, 0) is 13.0 Å². The molecule has 4 heteroatoms. The van der Waals surface area contributed by atoms with Crippen LogP contribution in [0.1, 0.15) is 32.5 Å². The first-order chi connectivity index (χ1) is 9.17. The number of aromatic nitrogens is 2. The van der Waals surface area contributed by atoms with E-state index in [-0.39, 0.29) is 0 Å². The Morgan fingerprint density at radius 1 is 1.16 bits per heavy atom. The molecule has 0 amide bonds. The van der Waals surface area contributed by atoms with Crippen LogP contribution in [0.3, 0.4) is 0 Å². The topological polar surface area (TPSA) is 43.8 Å². The van der Waals surface area contributed by atoms with Crippen LogP contribution in [0.2, 0.25) is 0 Å². The number of aryl methyl sites for hydroxylation is 1. The number of nitrogens with two attached hydrogens (primary N) is 1. The second-order valence-electron chi connectivity index (χ2n) is 4.67. The standard InChI is InChI=1S/C15H20BrN3/c1-3-5-13-18-14(15(17)19(13)10-4-2)11-6-8-12(16)9-7-11/h6-9H,3-5,10,17H2,1-2H3. The minimum absolute atomic E-state index is 0.785. The molecule has 0 unspecified atom stereocenters. The average molecular weight is 322 g/mol. The van der Waals surface area contributed by atoms with Crippen LogP contribution in [0.5, 0.6) is 0 Å². The highest BCUT2D eigenvalue weighted by Crippen LogP contribution is 2.28. The maximum atomic E-state index is 6.28. The molecule has 0 saturated carbocycles. The minimum atomic E-state index is 0.785. The third-order valence-corrected chi connectivity index (χ3v) is 3.65. The fraction of sp³-hybridized carbons (Fsp3) is 0.400. The Labute approximate surface area is 123 Å². The molecule has 2 rings (SSSR count). The van der Waals surface area contributed by atoms with Gasteiger partial charge in [0.15, 0.2) is 0 Å². The van der Waals surface area contributed by atoms with Crippen molar-refractivity contribution in [3.8, 4) is 11.3 Å². The highest BCUT2D eigenvalue weighted by atomic mass is 79.9. The van der Waals surface area contributed by atoms with Gasteiger partial charge in [-0.25, -0.2) is 4.98 Å². The van der Waals surface area contributed by atoms with Crippen LogP contribution < -0.4 is 5.73 Å². The van der Waals surface area contributed by atoms with Gasteiger partial charge in [0, 0.05) is 23.0 Å². The largest absolute Gasteiger partial charge is 0.383 e. The van der Waals surface area contributed by atoms with Crippen LogP contribution in [-0.4, -0.2) is 9.55 Å². The van der Waals surface area contributed by atoms with Crippen LogP contribution in [0, 0.1) is 0 Å². The van der Waals surface area contributed by atoms with E-state index in [0.717, 1.165) is 53.2 Å². The lowest BCUT2D eigenvalue weighted by Gasteiger charge is -2.07. The Balaban J connectivity index is 2.45. The second kappa shape index (κ2) is 6.24. The van der Waals surface area contributed by atoms with Gasteiger partial charge in [-0.3, -0.25) is 0 Å². The summed E-state index contributed by atoms with van der Waals surface area (Å²) in [6, 6.07) is 8.14. The van der Waals surface area contributed by atoms with Crippen molar-refractivity contribution >= 4 is 21.7 Å². The lowest BCUT2D eigenvalue weighted by atomic mass is 10.1. The number of imidazole rings is 1. The van der Waals surface area contributed by atoms with Crippen molar-refractivity contribution in [2.24, 2.45) is 0 Å². The summed E-state index contributed by atoms with van der Waals surface area (Å²) in [7, 11) is 0. The summed E-state index contributed by atoms with van der Waals surface area (Å²) in [6.07, 6.45) is 3.12. The molecule has 0 bridgehead atoms. The molecule has 1 heterocycles. The van der Waals surface area contributed by atoms with Gasteiger partial charge >= 0.3 is 0 Å². The molecule has 1 aromatic heterocycles. The summed E-state index contributed by atoms with van der Waals surface area (Å²) in [5.41, 5.74) is 8.26. The van der Waals surface area contributed by atoms with Crippen molar-refractivity contribution in [3.05, 3.63) is 34.6 Å². The van der Waals surface area contributed by atoms with E-state index in [1.54, 1.807) is 0 Å². The van der Waals surface area contributed by atoms with Gasteiger partial charge in [-0.2, -0.15) is 0 Å². The monoisotopic (exact) mass is 321 g/mol. The summed E-state index contributed by atoms with van der Waals surface area (Å²) in [5, 5.41) is 0. The molecule has 0 spiro atoms. The maximum absolute atomic E-state index is 6.28. The molecule has 102 valence electrons. The highest BCUT2D eigenvalue weighted by molar-refractivity contribution is 9.10. The van der Waals surface area contributed by atoms with E-state index in [9.17, 15) is 0 Å². The summed E-state index contributed by atoms with van der Waals surface area (Å²) in [4.78, 5) is 4.74. The van der Waals surface area contributed by atoms with Crippen molar-refractivity contribution < 1.29 is 0 Å². The van der Waals surface area contributed by atoms with Crippen molar-refractivity contribution in [3.63, 3.8) is 0 Å². The van der Waals surface area contributed by atoms with Gasteiger partial charge in [0.05, 0.1) is 0 Å². The molecule has 0 radical (unpaired) electrons. The summed E-state index contributed by atoms with van der Waals surface area (Å²) < 4.78 is 3.22. The van der Waals surface area contributed by atoms with Gasteiger partial charge in [0.2, 0.25) is 0 Å². The van der Waals surface area contributed by atoms with Gasteiger partial charge in [-0.05, 0) is 25.0 Å². The molecule has 0 atom stereocenters. The Bertz CT molecular complexity index is 543. The Hall–Kier alpha value is -1.29. The SMILES string of the molecule is CCCc1nc(-c2ccc(Br)cc2)c(N)n1CCC. The van der Waals surface area contributed by atoms with Gasteiger partial charge in [-0.1, -0.05) is 41.9 Å². The lowest BCUT2D eigenvalue weighted by molar-refractivity contribution is 0.637. The molecule has 3 nitrogen and oxygen atoms in total. The molecule has 0 saturated heterocycles. The minimum Gasteiger partial charge on any atom is -0.383 e. The van der Waals surface area contributed by atoms with Crippen molar-refractivity contribution in [1.29, 1.82) is 0 Å². The predicted octanol–water partition coefficient (Wildman–Crippen LogP) is 4.26. The van der Waals surface area contributed by atoms with E-state index >= 15 is 0 Å². The van der Waals surface area contributed by atoms with Crippen LogP contribution in [0.4, 0.5) is 5.82 Å². The van der Waals surface area contributed by atoms with Crippen molar-refractivity contribution in [2.45, 2.75) is 39.7 Å². The zero-order chi connectivity index (χ0) is 13.8. The van der Waals surface area contributed by atoms with E-state index in [2.05, 4.69) is 46.5 Å². The molecule has 2 aromatic rings. The quantitative estimate of drug-likeness (QED) is 0.894.